The molecule has 0 bridgehead atoms. The molecule has 138 valence electrons. The number of aromatic nitrogens is 4. The minimum absolute atomic E-state index is 0.631. The molecule has 0 amide bonds. The number of hydrogen-bond acceptors (Lipinski definition) is 7. The number of aryl methyl sites for hydroxylation is 3. The molecule has 4 aromatic rings. The van der Waals surface area contributed by atoms with Crippen molar-refractivity contribution in [2.45, 2.75) is 33.1 Å². The molecule has 3 heterocycles. The van der Waals surface area contributed by atoms with Gasteiger partial charge in [-0.15, -0.1) is 11.3 Å². The van der Waals surface area contributed by atoms with E-state index in [-0.39, 0.29) is 0 Å². The normalized spacial score (nSPS) is 11.2. The second-order valence-corrected chi connectivity index (χ2v) is 7.55. The quantitative estimate of drug-likeness (QED) is 0.519. The van der Waals surface area contributed by atoms with Gasteiger partial charge in [0.05, 0.1) is 21.5 Å². The van der Waals surface area contributed by atoms with Crippen molar-refractivity contribution in [2.75, 3.05) is 11.9 Å². The van der Waals surface area contributed by atoms with Crippen LogP contribution in [-0.2, 0) is 19.3 Å². The Balaban J connectivity index is 1.57. The van der Waals surface area contributed by atoms with Gasteiger partial charge >= 0.3 is 0 Å². The zero-order valence-corrected chi connectivity index (χ0v) is 16.2. The third-order valence-corrected chi connectivity index (χ3v) is 5.09. The van der Waals surface area contributed by atoms with Crippen molar-refractivity contribution in [3.8, 4) is 0 Å². The van der Waals surface area contributed by atoms with E-state index in [1.807, 2.05) is 26.0 Å². The smallest absolute Gasteiger partial charge is 0.226 e. The van der Waals surface area contributed by atoms with Crippen molar-refractivity contribution in [3.63, 3.8) is 0 Å². The van der Waals surface area contributed by atoms with Crippen molar-refractivity contribution >= 4 is 27.5 Å². The van der Waals surface area contributed by atoms with E-state index in [4.69, 9.17) is 4.42 Å². The molecule has 4 rings (SSSR count). The number of benzene rings is 1. The van der Waals surface area contributed by atoms with Crippen LogP contribution in [0.25, 0.3) is 10.2 Å². The van der Waals surface area contributed by atoms with Gasteiger partial charge in [-0.3, -0.25) is 0 Å². The van der Waals surface area contributed by atoms with E-state index in [1.54, 1.807) is 17.6 Å². The first-order valence-corrected chi connectivity index (χ1v) is 9.87. The van der Waals surface area contributed by atoms with Gasteiger partial charge in [-0.05, 0) is 43.7 Å². The number of nitrogens with one attached hydrogen (secondary N) is 1. The zero-order chi connectivity index (χ0) is 18.6. The summed E-state index contributed by atoms with van der Waals surface area (Å²) in [6.45, 7) is 4.84. The first kappa shape index (κ1) is 17.6. The van der Waals surface area contributed by atoms with Crippen LogP contribution in [0.1, 0.15) is 34.9 Å². The van der Waals surface area contributed by atoms with Crippen molar-refractivity contribution in [1.29, 1.82) is 0 Å². The molecular weight excluding hydrogens is 358 g/mol. The molecule has 0 saturated carbocycles. The number of thiazole rings is 1. The van der Waals surface area contributed by atoms with E-state index in [9.17, 15) is 0 Å². The molecule has 0 aliphatic rings. The molecule has 7 heteroatoms. The first-order valence-electron chi connectivity index (χ1n) is 9.06. The molecule has 0 saturated heterocycles. The molecule has 3 aromatic heterocycles. The summed E-state index contributed by atoms with van der Waals surface area (Å²) in [6.07, 6.45) is 3.85. The van der Waals surface area contributed by atoms with Crippen molar-refractivity contribution in [1.82, 2.24) is 19.9 Å². The van der Waals surface area contributed by atoms with Crippen LogP contribution < -0.4 is 5.32 Å². The van der Waals surface area contributed by atoms with Crippen LogP contribution in [0, 0.1) is 6.92 Å². The van der Waals surface area contributed by atoms with Gasteiger partial charge in [0.25, 0.3) is 0 Å². The lowest BCUT2D eigenvalue weighted by Gasteiger charge is -2.08. The Morgan fingerprint density at radius 1 is 1.04 bits per heavy atom. The monoisotopic (exact) mass is 379 g/mol. The lowest BCUT2D eigenvalue weighted by atomic mass is 10.1. The summed E-state index contributed by atoms with van der Waals surface area (Å²) in [4.78, 5) is 18.3. The fourth-order valence-electron chi connectivity index (χ4n) is 2.96. The van der Waals surface area contributed by atoms with Gasteiger partial charge in [-0.2, -0.15) is 9.97 Å². The topological polar surface area (TPSA) is 76.7 Å². The van der Waals surface area contributed by atoms with Crippen LogP contribution in [0.4, 0.5) is 5.95 Å². The SMILES string of the molecule is CCNc1nc(CCc2ccco2)nc(Cc2ccc3nc(C)sc3c2)n1. The average Bonchev–Trinajstić information content (AvgIpc) is 3.28. The maximum atomic E-state index is 5.41. The van der Waals surface area contributed by atoms with Crippen LogP contribution in [0.5, 0.6) is 0 Å². The van der Waals surface area contributed by atoms with Crippen LogP contribution in [-0.4, -0.2) is 26.5 Å². The summed E-state index contributed by atoms with van der Waals surface area (Å²) < 4.78 is 6.61. The maximum Gasteiger partial charge on any atom is 0.226 e. The summed E-state index contributed by atoms with van der Waals surface area (Å²) >= 11 is 1.71. The average molecular weight is 379 g/mol. The Bertz CT molecular complexity index is 1040. The molecule has 1 N–H and O–H groups in total. The van der Waals surface area contributed by atoms with Crippen LogP contribution in [0.2, 0.25) is 0 Å². The number of nitrogens with zero attached hydrogens (tertiary/aromatic N) is 4. The second-order valence-electron chi connectivity index (χ2n) is 6.31. The lowest BCUT2D eigenvalue weighted by Crippen LogP contribution is -2.11. The number of fused-ring (bicyclic) bond motifs is 1. The van der Waals surface area contributed by atoms with Gasteiger partial charge in [-0.1, -0.05) is 6.07 Å². The third-order valence-electron chi connectivity index (χ3n) is 4.16. The summed E-state index contributed by atoms with van der Waals surface area (Å²) in [5.74, 6) is 3.12. The fourth-order valence-corrected chi connectivity index (χ4v) is 3.85. The van der Waals surface area contributed by atoms with Crippen LogP contribution in [0.15, 0.2) is 41.0 Å². The zero-order valence-electron chi connectivity index (χ0n) is 15.4. The molecule has 27 heavy (non-hydrogen) atoms. The highest BCUT2D eigenvalue weighted by Crippen LogP contribution is 2.23. The fraction of sp³-hybridized carbons (Fsp3) is 0.300. The molecule has 0 aliphatic heterocycles. The highest BCUT2D eigenvalue weighted by molar-refractivity contribution is 7.18. The standard InChI is InChI=1S/C20H21N5OS/c1-3-21-20-24-18(9-7-15-5-4-10-26-15)23-19(25-20)12-14-6-8-16-17(11-14)27-13(2)22-16/h4-6,8,10-11H,3,7,9,12H2,1-2H3,(H,21,23,24,25). The summed E-state index contributed by atoms with van der Waals surface area (Å²) in [5.41, 5.74) is 2.22. The van der Waals surface area contributed by atoms with Gasteiger partial charge in [0.2, 0.25) is 5.95 Å². The highest BCUT2D eigenvalue weighted by Gasteiger charge is 2.10. The molecule has 0 spiro atoms. The van der Waals surface area contributed by atoms with Gasteiger partial charge < -0.3 is 9.73 Å². The maximum absolute atomic E-state index is 5.41. The molecule has 0 atom stereocenters. The Labute approximate surface area is 161 Å². The predicted octanol–water partition coefficient (Wildman–Crippen LogP) is 4.19. The summed E-state index contributed by atoms with van der Waals surface area (Å²) in [5, 5.41) is 4.29. The van der Waals surface area contributed by atoms with E-state index in [0.717, 1.165) is 40.9 Å². The highest BCUT2D eigenvalue weighted by atomic mass is 32.1. The molecular formula is C20H21N5OS. The Morgan fingerprint density at radius 3 is 2.74 bits per heavy atom. The third kappa shape index (κ3) is 4.31. The summed E-state index contributed by atoms with van der Waals surface area (Å²) in [7, 11) is 0. The van der Waals surface area contributed by atoms with Gasteiger partial charge in [0.15, 0.2) is 0 Å². The molecule has 6 nitrogen and oxygen atoms in total. The van der Waals surface area contributed by atoms with E-state index < -0.39 is 0 Å². The first-order chi connectivity index (χ1) is 13.2. The number of rotatable bonds is 7. The van der Waals surface area contributed by atoms with Crippen molar-refractivity contribution < 1.29 is 4.42 Å². The molecule has 0 unspecified atom stereocenters. The molecule has 0 radical (unpaired) electrons. The second kappa shape index (κ2) is 7.84. The minimum Gasteiger partial charge on any atom is -0.469 e. The van der Waals surface area contributed by atoms with E-state index in [2.05, 4.69) is 43.5 Å². The predicted molar refractivity (Wildman–Crippen MR) is 107 cm³/mol. The summed E-state index contributed by atoms with van der Waals surface area (Å²) in [6, 6.07) is 10.2. The van der Waals surface area contributed by atoms with E-state index in [1.165, 1.54) is 10.3 Å². The molecule has 1 aromatic carbocycles. The number of hydrogen-bond donors (Lipinski definition) is 1. The van der Waals surface area contributed by atoms with E-state index in [0.29, 0.717) is 18.8 Å². The minimum atomic E-state index is 0.631. The van der Waals surface area contributed by atoms with Gasteiger partial charge in [0, 0.05) is 25.8 Å². The largest absolute Gasteiger partial charge is 0.469 e. The van der Waals surface area contributed by atoms with Gasteiger partial charge in [0.1, 0.15) is 17.4 Å². The van der Waals surface area contributed by atoms with E-state index >= 15 is 0 Å². The van der Waals surface area contributed by atoms with Crippen LogP contribution >= 0.6 is 11.3 Å². The number of anilines is 1. The molecule has 0 fully saturated rings. The Kier molecular flexibility index (Phi) is 5.11. The van der Waals surface area contributed by atoms with Crippen molar-refractivity contribution in [3.05, 3.63) is 64.6 Å². The van der Waals surface area contributed by atoms with Gasteiger partial charge in [-0.25, -0.2) is 9.97 Å². The Morgan fingerprint density at radius 2 is 1.93 bits per heavy atom. The number of furan rings is 1. The lowest BCUT2D eigenvalue weighted by molar-refractivity contribution is 0.506. The Hall–Kier alpha value is -2.80. The van der Waals surface area contributed by atoms with Crippen molar-refractivity contribution in [2.24, 2.45) is 0 Å². The van der Waals surface area contributed by atoms with Crippen LogP contribution in [0.3, 0.4) is 0 Å². The molecule has 0 aliphatic carbocycles.